The molecule has 7 nitrogen and oxygen atoms in total. The number of methoxy groups -OCH3 is 1. The first kappa shape index (κ1) is 18.9. The molecule has 1 rings (SSSR count). The molecule has 0 saturated carbocycles. The van der Waals surface area contributed by atoms with E-state index in [2.05, 4.69) is 0 Å². The Morgan fingerprint density at radius 3 is 2.73 bits per heavy atom. The number of rotatable bonds is 8. The lowest BCUT2D eigenvalue weighted by Gasteiger charge is -2.32. The van der Waals surface area contributed by atoms with Gasteiger partial charge in [-0.1, -0.05) is 13.0 Å². The molecule has 2 N–H and O–H groups in total. The molecule has 0 aromatic heterocycles. The average molecular weight is 317 g/mol. The maximum Gasteiger partial charge on any atom is 0.226 e. The van der Waals surface area contributed by atoms with E-state index in [-0.39, 0.29) is 5.92 Å². The molecule has 1 aliphatic heterocycles. The lowest BCUT2D eigenvalue weighted by molar-refractivity contribution is -0.302. The molecule has 1 saturated heterocycles. The monoisotopic (exact) mass is 317 g/mol. The molecule has 22 heavy (non-hydrogen) atoms. The first-order chi connectivity index (χ1) is 10.5. The van der Waals surface area contributed by atoms with E-state index in [1.165, 1.54) is 7.11 Å². The summed E-state index contributed by atoms with van der Waals surface area (Å²) < 4.78 is 16.2. The van der Waals surface area contributed by atoms with Crippen LogP contribution in [0.15, 0.2) is 23.6 Å². The number of hydrogen-bond acceptors (Lipinski definition) is 7. The lowest BCUT2D eigenvalue weighted by atomic mass is 10.0. The van der Waals surface area contributed by atoms with Crippen LogP contribution in [0.4, 0.5) is 0 Å². The van der Waals surface area contributed by atoms with E-state index in [1.807, 2.05) is 13.0 Å². The second-order valence-corrected chi connectivity index (χ2v) is 5.32. The molecule has 1 heterocycles. The molecule has 0 aliphatic carbocycles. The van der Waals surface area contributed by atoms with Crippen LogP contribution >= 0.6 is 0 Å². The highest BCUT2D eigenvalue weighted by molar-refractivity contribution is 5.17. The van der Waals surface area contributed by atoms with Crippen molar-refractivity contribution in [1.82, 2.24) is 5.23 Å². The number of hydroxylamine groups is 2. The highest BCUT2D eigenvalue weighted by Gasteiger charge is 2.30. The van der Waals surface area contributed by atoms with Crippen molar-refractivity contribution in [2.24, 2.45) is 5.92 Å². The Morgan fingerprint density at radius 1 is 1.41 bits per heavy atom. The summed E-state index contributed by atoms with van der Waals surface area (Å²) in [5.74, 6) is 0.646. The summed E-state index contributed by atoms with van der Waals surface area (Å²) in [6.07, 6.45) is 3.37. The van der Waals surface area contributed by atoms with Gasteiger partial charge >= 0.3 is 0 Å². The molecule has 2 unspecified atom stereocenters. The Morgan fingerprint density at radius 2 is 2.14 bits per heavy atom. The highest BCUT2D eigenvalue weighted by Crippen LogP contribution is 2.24. The summed E-state index contributed by atoms with van der Waals surface area (Å²) in [4.78, 5) is 4.74. The van der Waals surface area contributed by atoms with Gasteiger partial charge in [0.05, 0.1) is 13.7 Å². The number of hydrogen-bond donors (Lipinski definition) is 2. The standard InChI is InChI=1S/C15H27NO6/c1-11-9-13(17)15(21-10-11)22-14(7-5-6-8-19-3)12(2)16(18)20-4/h5,7,11,13,15,17-18H,6,8-10H2,1-4H3/b7-5-,14-12-/t11-,13?,15?/m1/s1. The van der Waals surface area contributed by atoms with Gasteiger partial charge in [-0.2, -0.15) is 0 Å². The summed E-state index contributed by atoms with van der Waals surface area (Å²) in [7, 11) is 2.96. The van der Waals surface area contributed by atoms with Crippen LogP contribution in [-0.2, 0) is 19.0 Å². The molecule has 0 amide bonds. The van der Waals surface area contributed by atoms with Crippen molar-refractivity contribution >= 4 is 0 Å². The van der Waals surface area contributed by atoms with E-state index >= 15 is 0 Å². The van der Waals surface area contributed by atoms with E-state index in [0.717, 1.165) is 0 Å². The molecule has 128 valence electrons. The summed E-state index contributed by atoms with van der Waals surface area (Å²) in [6, 6.07) is 0. The van der Waals surface area contributed by atoms with Crippen molar-refractivity contribution in [3.8, 4) is 0 Å². The maximum atomic E-state index is 10.1. The van der Waals surface area contributed by atoms with Gasteiger partial charge in [0, 0.05) is 13.7 Å². The van der Waals surface area contributed by atoms with Gasteiger partial charge in [0.25, 0.3) is 0 Å². The molecule has 0 aromatic carbocycles. The summed E-state index contributed by atoms with van der Waals surface area (Å²) >= 11 is 0. The number of aliphatic hydroxyl groups is 1. The average Bonchev–Trinajstić information content (AvgIpc) is 2.51. The van der Waals surface area contributed by atoms with Gasteiger partial charge in [0.2, 0.25) is 6.29 Å². The van der Waals surface area contributed by atoms with Crippen LogP contribution in [0.5, 0.6) is 0 Å². The quantitative estimate of drug-likeness (QED) is 0.306. The van der Waals surface area contributed by atoms with Gasteiger partial charge in [0.1, 0.15) is 17.6 Å². The zero-order valence-electron chi connectivity index (χ0n) is 13.7. The van der Waals surface area contributed by atoms with Crippen LogP contribution in [0.2, 0.25) is 0 Å². The molecule has 0 spiro atoms. The van der Waals surface area contributed by atoms with Crippen LogP contribution in [0.3, 0.4) is 0 Å². The van der Waals surface area contributed by atoms with Crippen molar-refractivity contribution in [3.63, 3.8) is 0 Å². The smallest absolute Gasteiger partial charge is 0.226 e. The van der Waals surface area contributed by atoms with Gasteiger partial charge in [-0.15, -0.1) is 5.23 Å². The van der Waals surface area contributed by atoms with E-state index in [4.69, 9.17) is 19.0 Å². The van der Waals surface area contributed by atoms with E-state index in [0.29, 0.717) is 42.7 Å². The summed E-state index contributed by atoms with van der Waals surface area (Å²) in [6.45, 7) is 4.74. The fourth-order valence-electron chi connectivity index (χ4n) is 2.05. The Labute approximate surface area is 131 Å². The molecule has 0 aromatic rings. The van der Waals surface area contributed by atoms with Crippen LogP contribution in [0, 0.1) is 5.92 Å². The number of aliphatic hydroxyl groups excluding tert-OH is 1. The SMILES string of the molecule is COCC/C=C\C(OC1OC[C@H](C)CC1O)=C(/C)N(O)OC. The molecule has 1 fully saturated rings. The van der Waals surface area contributed by atoms with Gasteiger partial charge in [-0.3, -0.25) is 10.0 Å². The zero-order chi connectivity index (χ0) is 16.5. The molecule has 7 heteroatoms. The fourth-order valence-corrected chi connectivity index (χ4v) is 2.05. The first-order valence-corrected chi connectivity index (χ1v) is 7.35. The van der Waals surface area contributed by atoms with Crippen molar-refractivity contribution < 1.29 is 29.4 Å². The zero-order valence-corrected chi connectivity index (χ0v) is 13.7. The third-order valence-corrected chi connectivity index (χ3v) is 3.32. The second kappa shape index (κ2) is 9.81. The van der Waals surface area contributed by atoms with Gasteiger partial charge in [0.15, 0.2) is 0 Å². The van der Waals surface area contributed by atoms with Crippen LogP contribution in [0.1, 0.15) is 26.7 Å². The van der Waals surface area contributed by atoms with E-state index in [9.17, 15) is 10.3 Å². The molecular formula is C15H27NO6. The molecular weight excluding hydrogens is 290 g/mol. The highest BCUT2D eigenvalue weighted by atomic mass is 16.9. The molecule has 1 aliphatic rings. The number of ether oxygens (including phenoxy) is 3. The number of allylic oxidation sites excluding steroid dienone is 2. The van der Waals surface area contributed by atoms with Crippen molar-refractivity contribution in [2.75, 3.05) is 27.4 Å². The van der Waals surface area contributed by atoms with E-state index < -0.39 is 12.4 Å². The maximum absolute atomic E-state index is 10.1. The lowest BCUT2D eigenvalue weighted by Crippen LogP contribution is -2.39. The topological polar surface area (TPSA) is 80.6 Å². The van der Waals surface area contributed by atoms with Crippen LogP contribution in [0.25, 0.3) is 0 Å². The third kappa shape index (κ3) is 5.94. The minimum Gasteiger partial charge on any atom is -0.460 e. The van der Waals surface area contributed by atoms with Gasteiger partial charge < -0.3 is 19.3 Å². The molecule has 3 atom stereocenters. The predicted octanol–water partition coefficient (Wildman–Crippen LogP) is 1.82. The minimum absolute atomic E-state index is 0.286. The van der Waals surface area contributed by atoms with Crippen molar-refractivity contribution in [1.29, 1.82) is 0 Å². The third-order valence-electron chi connectivity index (χ3n) is 3.32. The largest absolute Gasteiger partial charge is 0.460 e. The Hall–Kier alpha value is -1.12. The first-order valence-electron chi connectivity index (χ1n) is 7.35. The van der Waals surface area contributed by atoms with Crippen LogP contribution < -0.4 is 0 Å². The van der Waals surface area contributed by atoms with Crippen molar-refractivity contribution in [2.45, 2.75) is 39.1 Å². The Bertz CT molecular complexity index is 384. The molecule has 0 bridgehead atoms. The Kier molecular flexibility index (Phi) is 8.44. The minimum atomic E-state index is -0.765. The van der Waals surface area contributed by atoms with Gasteiger partial charge in [-0.25, -0.2) is 0 Å². The van der Waals surface area contributed by atoms with Crippen molar-refractivity contribution in [3.05, 3.63) is 23.6 Å². The normalized spacial score (nSPS) is 26.9. The second-order valence-electron chi connectivity index (χ2n) is 5.32. The van der Waals surface area contributed by atoms with E-state index in [1.54, 1.807) is 20.1 Å². The van der Waals surface area contributed by atoms with Crippen LogP contribution in [-0.4, -0.2) is 55.4 Å². The fraction of sp³-hybridized carbons (Fsp3) is 0.733. The Balaban J connectivity index is 2.79. The summed E-state index contributed by atoms with van der Waals surface area (Å²) in [5, 5.41) is 20.3. The number of nitrogens with zero attached hydrogens (tertiary/aromatic N) is 1. The predicted molar refractivity (Wildman–Crippen MR) is 79.6 cm³/mol. The summed E-state index contributed by atoms with van der Waals surface area (Å²) in [5.41, 5.74) is 0.352. The molecule has 0 radical (unpaired) electrons. The van der Waals surface area contributed by atoms with Gasteiger partial charge in [-0.05, 0) is 31.8 Å².